The van der Waals surface area contributed by atoms with E-state index in [2.05, 4.69) is 17.2 Å². The largest absolute Gasteiger partial charge is 0.480 e. The minimum Gasteiger partial charge on any atom is -0.480 e. The summed E-state index contributed by atoms with van der Waals surface area (Å²) in [5.74, 6) is 5.24. The molecule has 0 fully saturated rings. The monoisotopic (exact) mass is 322 g/mol. The van der Waals surface area contributed by atoms with E-state index in [1.54, 1.807) is 30.3 Å². The molecule has 0 radical (unpaired) electrons. The number of rotatable bonds is 5. The zero-order valence-corrected chi connectivity index (χ0v) is 13.3. The van der Waals surface area contributed by atoms with Crippen molar-refractivity contribution in [3.05, 3.63) is 65.2 Å². The van der Waals surface area contributed by atoms with Gasteiger partial charge in [0.05, 0.1) is 12.1 Å². The summed E-state index contributed by atoms with van der Waals surface area (Å²) in [5, 5.41) is 2.71. The molecular formula is C19H18N2O3. The van der Waals surface area contributed by atoms with Gasteiger partial charge in [0.25, 0.3) is 11.8 Å². The van der Waals surface area contributed by atoms with E-state index in [4.69, 9.17) is 10.5 Å². The highest BCUT2D eigenvalue weighted by Gasteiger charge is 2.07. The Bertz CT molecular complexity index is 803. The lowest BCUT2D eigenvalue weighted by atomic mass is 10.1. The van der Waals surface area contributed by atoms with Crippen molar-refractivity contribution >= 4 is 11.8 Å². The number of carbonyl (C=O) groups is 2. The lowest BCUT2D eigenvalue weighted by Gasteiger charge is -2.05. The van der Waals surface area contributed by atoms with Gasteiger partial charge >= 0.3 is 0 Å². The Labute approximate surface area is 140 Å². The number of para-hydroxylation sites is 1. The fourth-order valence-electron chi connectivity index (χ4n) is 2.04. The maximum absolute atomic E-state index is 11.9. The van der Waals surface area contributed by atoms with Crippen LogP contribution in [-0.2, 0) is 0 Å². The Morgan fingerprint density at radius 3 is 2.67 bits per heavy atom. The standard InChI is InChI=1S/C19H18N2O3/c1-14-7-6-8-15(13-14)19(23)21-11-4-5-12-24-17-10-3-2-9-16(17)18(20)22/h2-3,6-10,13H,11-12H2,1H3,(H2,20,22)(H,21,23). The second-order valence-electron chi connectivity index (χ2n) is 5.05. The lowest BCUT2D eigenvalue weighted by Crippen LogP contribution is -2.23. The quantitative estimate of drug-likeness (QED) is 0.825. The fraction of sp³-hybridized carbons (Fsp3) is 0.158. The molecule has 0 atom stereocenters. The van der Waals surface area contributed by atoms with Crippen LogP contribution < -0.4 is 15.8 Å². The van der Waals surface area contributed by atoms with Crippen molar-refractivity contribution in [3.8, 4) is 17.6 Å². The summed E-state index contributed by atoms with van der Waals surface area (Å²) < 4.78 is 5.42. The minimum absolute atomic E-state index is 0.102. The molecular weight excluding hydrogens is 304 g/mol. The third kappa shape index (κ3) is 4.89. The van der Waals surface area contributed by atoms with Crippen molar-refractivity contribution in [2.24, 2.45) is 5.73 Å². The Kier molecular flexibility index (Phi) is 5.98. The smallest absolute Gasteiger partial charge is 0.252 e. The molecule has 0 aromatic heterocycles. The van der Waals surface area contributed by atoms with Crippen molar-refractivity contribution < 1.29 is 14.3 Å². The highest BCUT2D eigenvalue weighted by Crippen LogP contribution is 2.16. The third-order valence-corrected chi connectivity index (χ3v) is 3.19. The first kappa shape index (κ1) is 17.1. The molecule has 2 aromatic carbocycles. The van der Waals surface area contributed by atoms with Gasteiger partial charge in [-0.25, -0.2) is 0 Å². The van der Waals surface area contributed by atoms with E-state index in [0.29, 0.717) is 16.9 Å². The molecule has 3 N–H and O–H groups in total. The van der Waals surface area contributed by atoms with Crippen LogP contribution >= 0.6 is 0 Å². The van der Waals surface area contributed by atoms with Gasteiger partial charge in [-0.3, -0.25) is 9.59 Å². The van der Waals surface area contributed by atoms with Crippen LogP contribution in [0.25, 0.3) is 0 Å². The maximum atomic E-state index is 11.9. The van der Waals surface area contributed by atoms with Crippen molar-refractivity contribution in [1.82, 2.24) is 5.32 Å². The van der Waals surface area contributed by atoms with Crippen LogP contribution in [0.15, 0.2) is 48.5 Å². The van der Waals surface area contributed by atoms with Crippen LogP contribution in [0.2, 0.25) is 0 Å². The number of ether oxygens (including phenoxy) is 1. The van der Waals surface area contributed by atoms with E-state index in [1.807, 2.05) is 25.1 Å². The molecule has 5 nitrogen and oxygen atoms in total. The number of primary amides is 1. The molecule has 0 spiro atoms. The van der Waals surface area contributed by atoms with Gasteiger partial charge in [-0.15, -0.1) is 0 Å². The van der Waals surface area contributed by atoms with E-state index in [0.717, 1.165) is 5.56 Å². The summed E-state index contributed by atoms with van der Waals surface area (Å²) in [4.78, 5) is 23.2. The maximum Gasteiger partial charge on any atom is 0.252 e. The average molecular weight is 322 g/mol. The molecule has 5 heteroatoms. The Morgan fingerprint density at radius 2 is 1.92 bits per heavy atom. The summed E-state index contributed by atoms with van der Waals surface area (Å²) in [6.07, 6.45) is 0. The van der Waals surface area contributed by atoms with Crippen LogP contribution in [0, 0.1) is 18.8 Å². The number of nitrogens with one attached hydrogen (secondary N) is 1. The number of nitrogens with two attached hydrogens (primary N) is 1. The molecule has 0 heterocycles. The van der Waals surface area contributed by atoms with Crippen LogP contribution in [0.5, 0.6) is 5.75 Å². The number of hydrogen-bond acceptors (Lipinski definition) is 3. The Morgan fingerprint density at radius 1 is 1.12 bits per heavy atom. The van der Waals surface area contributed by atoms with E-state index in [1.165, 1.54) is 0 Å². The molecule has 0 aliphatic heterocycles. The molecule has 2 amide bonds. The van der Waals surface area contributed by atoms with Crippen LogP contribution in [-0.4, -0.2) is 25.0 Å². The van der Waals surface area contributed by atoms with Crippen LogP contribution in [0.1, 0.15) is 26.3 Å². The summed E-state index contributed by atoms with van der Waals surface area (Å²) in [6.45, 7) is 2.25. The predicted molar refractivity (Wildman–Crippen MR) is 91.7 cm³/mol. The molecule has 0 aliphatic rings. The Balaban J connectivity index is 1.81. The van der Waals surface area contributed by atoms with E-state index >= 15 is 0 Å². The molecule has 2 aromatic rings. The Hall–Kier alpha value is -3.26. The SMILES string of the molecule is Cc1cccc(C(=O)NCC#CCOc2ccccc2C(N)=O)c1. The van der Waals surface area contributed by atoms with Gasteiger partial charge in [-0.1, -0.05) is 41.7 Å². The number of benzene rings is 2. The first-order valence-electron chi connectivity index (χ1n) is 7.40. The summed E-state index contributed by atoms with van der Waals surface area (Å²) >= 11 is 0. The van der Waals surface area contributed by atoms with Crippen molar-refractivity contribution in [2.75, 3.05) is 13.2 Å². The normalized spacial score (nSPS) is 9.54. The van der Waals surface area contributed by atoms with Crippen molar-refractivity contribution in [1.29, 1.82) is 0 Å². The average Bonchev–Trinajstić information content (AvgIpc) is 2.58. The molecule has 0 bridgehead atoms. The highest BCUT2D eigenvalue weighted by molar-refractivity contribution is 5.95. The van der Waals surface area contributed by atoms with Gasteiger partial charge < -0.3 is 15.8 Å². The van der Waals surface area contributed by atoms with Crippen LogP contribution in [0.4, 0.5) is 0 Å². The van der Waals surface area contributed by atoms with E-state index in [-0.39, 0.29) is 19.1 Å². The van der Waals surface area contributed by atoms with Crippen molar-refractivity contribution in [2.45, 2.75) is 6.92 Å². The first-order valence-corrected chi connectivity index (χ1v) is 7.40. The highest BCUT2D eigenvalue weighted by atomic mass is 16.5. The molecule has 122 valence electrons. The number of hydrogen-bond donors (Lipinski definition) is 2. The number of aryl methyl sites for hydroxylation is 1. The number of amides is 2. The zero-order chi connectivity index (χ0) is 17.4. The fourth-order valence-corrected chi connectivity index (χ4v) is 2.04. The van der Waals surface area contributed by atoms with Gasteiger partial charge in [0.15, 0.2) is 0 Å². The van der Waals surface area contributed by atoms with Crippen LogP contribution in [0.3, 0.4) is 0 Å². The molecule has 24 heavy (non-hydrogen) atoms. The molecule has 0 unspecified atom stereocenters. The first-order chi connectivity index (χ1) is 11.6. The molecule has 0 saturated heterocycles. The summed E-state index contributed by atoms with van der Waals surface area (Å²) in [7, 11) is 0. The molecule has 0 saturated carbocycles. The topological polar surface area (TPSA) is 81.4 Å². The minimum atomic E-state index is -0.552. The number of carbonyl (C=O) groups excluding carboxylic acids is 2. The molecule has 0 aliphatic carbocycles. The van der Waals surface area contributed by atoms with Gasteiger partial charge in [0, 0.05) is 5.56 Å². The lowest BCUT2D eigenvalue weighted by molar-refractivity contribution is 0.0956. The summed E-state index contributed by atoms with van der Waals surface area (Å²) in [5.41, 5.74) is 7.20. The second kappa shape index (κ2) is 8.39. The molecule has 2 rings (SSSR count). The van der Waals surface area contributed by atoms with Gasteiger partial charge in [-0.2, -0.15) is 0 Å². The predicted octanol–water partition coefficient (Wildman–Crippen LogP) is 1.91. The third-order valence-electron chi connectivity index (χ3n) is 3.19. The van der Waals surface area contributed by atoms with Crippen molar-refractivity contribution in [3.63, 3.8) is 0 Å². The van der Waals surface area contributed by atoms with Gasteiger partial charge in [-0.05, 0) is 31.2 Å². The summed E-state index contributed by atoms with van der Waals surface area (Å²) in [6, 6.07) is 14.0. The van der Waals surface area contributed by atoms with Gasteiger partial charge in [0.1, 0.15) is 12.4 Å². The zero-order valence-electron chi connectivity index (χ0n) is 13.3. The van der Waals surface area contributed by atoms with E-state index < -0.39 is 5.91 Å². The van der Waals surface area contributed by atoms with Gasteiger partial charge in [0.2, 0.25) is 0 Å². The second-order valence-corrected chi connectivity index (χ2v) is 5.05. The van der Waals surface area contributed by atoms with E-state index in [9.17, 15) is 9.59 Å².